The smallest absolute Gasteiger partial charge is 0.237 e. The molecule has 0 unspecified atom stereocenters. The summed E-state index contributed by atoms with van der Waals surface area (Å²) in [7, 11) is 0. The van der Waals surface area contributed by atoms with Gasteiger partial charge in [0.15, 0.2) is 5.15 Å². The lowest BCUT2D eigenvalue weighted by atomic mass is 9.73. The number of benzene rings is 1. The Balaban J connectivity index is 1.58. The van der Waals surface area contributed by atoms with Crippen molar-refractivity contribution in [1.29, 1.82) is 0 Å². The molecule has 1 fully saturated rings. The fraction of sp³-hybridized carbons (Fsp3) is 0.450. The maximum Gasteiger partial charge on any atom is 0.237 e. The van der Waals surface area contributed by atoms with E-state index in [0.29, 0.717) is 36.7 Å². The van der Waals surface area contributed by atoms with Gasteiger partial charge in [0.1, 0.15) is 5.76 Å². The number of nitrogens with zero attached hydrogens (tertiary/aromatic N) is 2. The molecule has 0 radical (unpaired) electrons. The molecule has 3 heterocycles. The molecule has 1 N–H and O–H groups in total. The van der Waals surface area contributed by atoms with E-state index in [2.05, 4.69) is 17.4 Å². The van der Waals surface area contributed by atoms with Gasteiger partial charge in [-0.25, -0.2) is 0 Å². The zero-order valence-electron chi connectivity index (χ0n) is 15.2. The van der Waals surface area contributed by atoms with Crippen molar-refractivity contribution in [3.8, 4) is 0 Å². The summed E-state index contributed by atoms with van der Waals surface area (Å²) in [6.07, 6.45) is 3.11. The number of carbonyl (C=O) groups is 2. The van der Waals surface area contributed by atoms with E-state index in [1.54, 1.807) is 6.07 Å². The lowest BCUT2D eigenvalue weighted by molar-refractivity contribution is -0.133. The third-order valence-electron chi connectivity index (χ3n) is 5.75. The van der Waals surface area contributed by atoms with Gasteiger partial charge in [0.2, 0.25) is 11.8 Å². The molecule has 1 aromatic carbocycles. The standard InChI is InChI=1S/C20H22ClN3O3/c1-2-5-16-20(14-6-3-4-7-15(14)22-19(20)26)10-11-24(16)18(25)9-8-13-12-17(21)23-27-13/h3-4,6-7,12,16H,2,5,8-11H2,1H3,(H,22,26)/t16-,20+/m0/s1. The molecule has 2 aromatic rings. The van der Waals surface area contributed by atoms with Crippen molar-refractivity contribution in [1.82, 2.24) is 10.1 Å². The number of rotatable bonds is 5. The molecule has 27 heavy (non-hydrogen) atoms. The lowest BCUT2D eigenvalue weighted by Crippen LogP contribution is -2.48. The fourth-order valence-electron chi connectivity index (χ4n) is 4.56. The molecule has 4 rings (SSSR count). The molecule has 1 aromatic heterocycles. The number of halogens is 1. The second-order valence-electron chi connectivity index (χ2n) is 7.23. The first-order chi connectivity index (χ1) is 13.1. The van der Waals surface area contributed by atoms with Gasteiger partial charge in [-0.2, -0.15) is 0 Å². The zero-order valence-corrected chi connectivity index (χ0v) is 16.0. The minimum atomic E-state index is -0.641. The van der Waals surface area contributed by atoms with Crippen LogP contribution in [0.5, 0.6) is 0 Å². The molecular weight excluding hydrogens is 366 g/mol. The molecule has 0 aliphatic carbocycles. The van der Waals surface area contributed by atoms with Crippen LogP contribution in [0.1, 0.15) is 43.9 Å². The van der Waals surface area contributed by atoms with Crippen molar-refractivity contribution in [3.05, 3.63) is 46.8 Å². The third kappa shape index (κ3) is 2.92. The van der Waals surface area contributed by atoms with Crippen molar-refractivity contribution >= 4 is 29.1 Å². The van der Waals surface area contributed by atoms with Crippen molar-refractivity contribution in [3.63, 3.8) is 0 Å². The van der Waals surface area contributed by atoms with E-state index in [1.165, 1.54) is 0 Å². The number of anilines is 1. The van der Waals surface area contributed by atoms with Crippen LogP contribution in [-0.2, 0) is 21.4 Å². The lowest BCUT2D eigenvalue weighted by Gasteiger charge is -2.34. The van der Waals surface area contributed by atoms with E-state index in [0.717, 1.165) is 24.1 Å². The van der Waals surface area contributed by atoms with Gasteiger partial charge in [-0.1, -0.05) is 48.3 Å². The van der Waals surface area contributed by atoms with Crippen molar-refractivity contribution in [2.75, 3.05) is 11.9 Å². The van der Waals surface area contributed by atoms with Gasteiger partial charge in [-0.3, -0.25) is 9.59 Å². The van der Waals surface area contributed by atoms with E-state index >= 15 is 0 Å². The molecule has 2 aliphatic heterocycles. The maximum absolute atomic E-state index is 13.0. The first-order valence-electron chi connectivity index (χ1n) is 9.37. The average Bonchev–Trinajstić information content (AvgIpc) is 3.32. The Morgan fingerprint density at radius 1 is 1.44 bits per heavy atom. The highest BCUT2D eigenvalue weighted by Gasteiger charge is 2.58. The molecule has 7 heteroatoms. The normalized spacial score (nSPS) is 23.7. The predicted octanol–water partition coefficient (Wildman–Crippen LogP) is 3.55. The second-order valence-corrected chi connectivity index (χ2v) is 7.62. The maximum atomic E-state index is 13.0. The van der Waals surface area contributed by atoms with Crippen molar-refractivity contribution < 1.29 is 14.1 Å². The zero-order chi connectivity index (χ0) is 19.0. The summed E-state index contributed by atoms with van der Waals surface area (Å²) in [6.45, 7) is 2.67. The number of fused-ring (bicyclic) bond motifs is 2. The van der Waals surface area contributed by atoms with Crippen LogP contribution in [0.15, 0.2) is 34.9 Å². The highest BCUT2D eigenvalue weighted by Crippen LogP contribution is 2.49. The van der Waals surface area contributed by atoms with Gasteiger partial charge in [-0.15, -0.1) is 0 Å². The summed E-state index contributed by atoms with van der Waals surface area (Å²) in [5.41, 5.74) is 1.25. The van der Waals surface area contributed by atoms with Gasteiger partial charge >= 0.3 is 0 Å². The Labute approximate surface area is 162 Å². The van der Waals surface area contributed by atoms with E-state index in [1.807, 2.05) is 29.2 Å². The number of aryl methyl sites for hydroxylation is 1. The van der Waals surface area contributed by atoms with Crippen LogP contribution in [-0.4, -0.2) is 34.5 Å². The molecule has 2 atom stereocenters. The van der Waals surface area contributed by atoms with Gasteiger partial charge < -0.3 is 14.7 Å². The minimum absolute atomic E-state index is 0.0134. The molecule has 0 saturated carbocycles. The minimum Gasteiger partial charge on any atom is -0.360 e. The molecule has 1 saturated heterocycles. The van der Waals surface area contributed by atoms with Gasteiger partial charge in [0.05, 0.1) is 11.5 Å². The Morgan fingerprint density at radius 2 is 2.26 bits per heavy atom. The summed E-state index contributed by atoms with van der Waals surface area (Å²) < 4.78 is 5.09. The van der Waals surface area contributed by atoms with Gasteiger partial charge in [0, 0.05) is 31.1 Å². The summed E-state index contributed by atoms with van der Waals surface area (Å²) in [5, 5.41) is 6.96. The number of hydrogen-bond donors (Lipinski definition) is 1. The van der Waals surface area contributed by atoms with E-state index < -0.39 is 5.41 Å². The molecule has 0 bridgehead atoms. The largest absolute Gasteiger partial charge is 0.360 e. The van der Waals surface area contributed by atoms with Gasteiger partial charge in [0.25, 0.3) is 0 Å². The van der Waals surface area contributed by atoms with Crippen LogP contribution in [0.25, 0.3) is 0 Å². The Morgan fingerprint density at radius 3 is 3.00 bits per heavy atom. The van der Waals surface area contributed by atoms with Crippen molar-refractivity contribution in [2.24, 2.45) is 0 Å². The number of likely N-dealkylation sites (tertiary alicyclic amines) is 1. The van der Waals surface area contributed by atoms with Crippen LogP contribution in [0.4, 0.5) is 5.69 Å². The average molecular weight is 388 g/mol. The first kappa shape index (κ1) is 18.0. The third-order valence-corrected chi connectivity index (χ3v) is 5.93. The number of hydrogen-bond acceptors (Lipinski definition) is 4. The molecule has 142 valence electrons. The molecule has 2 amide bonds. The number of carbonyl (C=O) groups excluding carboxylic acids is 2. The Hall–Kier alpha value is -2.34. The Kier molecular flexibility index (Phi) is 4.68. The number of aromatic nitrogens is 1. The van der Waals surface area contributed by atoms with E-state index in [-0.39, 0.29) is 17.9 Å². The summed E-state index contributed by atoms with van der Waals surface area (Å²) in [6, 6.07) is 9.33. The second kappa shape index (κ2) is 7.00. The number of nitrogens with one attached hydrogen (secondary N) is 1. The van der Waals surface area contributed by atoms with E-state index in [9.17, 15) is 9.59 Å². The van der Waals surface area contributed by atoms with Crippen LogP contribution in [0.3, 0.4) is 0 Å². The Bertz CT molecular complexity index is 881. The SMILES string of the molecule is CCC[C@@H]1N(C(=O)CCc2cc(Cl)no2)CC[C@]12C(=O)Nc1ccccc12. The topological polar surface area (TPSA) is 75.4 Å². The summed E-state index contributed by atoms with van der Waals surface area (Å²) in [5.74, 6) is 0.646. The van der Waals surface area contributed by atoms with Crippen LogP contribution < -0.4 is 5.32 Å². The predicted molar refractivity (Wildman–Crippen MR) is 102 cm³/mol. The highest BCUT2D eigenvalue weighted by molar-refractivity contribution is 6.29. The molecule has 1 spiro atoms. The van der Waals surface area contributed by atoms with Crippen molar-refractivity contribution in [2.45, 2.75) is 50.5 Å². The number of para-hydroxylation sites is 1. The highest BCUT2D eigenvalue weighted by atomic mass is 35.5. The molecule has 2 aliphatic rings. The monoisotopic (exact) mass is 387 g/mol. The quantitative estimate of drug-likeness (QED) is 0.851. The first-order valence-corrected chi connectivity index (χ1v) is 9.75. The fourth-order valence-corrected chi connectivity index (χ4v) is 4.71. The van der Waals surface area contributed by atoms with Crippen LogP contribution >= 0.6 is 11.6 Å². The molecule has 6 nitrogen and oxygen atoms in total. The van der Waals surface area contributed by atoms with Crippen LogP contribution in [0, 0.1) is 0 Å². The summed E-state index contributed by atoms with van der Waals surface area (Å²) in [4.78, 5) is 27.9. The summed E-state index contributed by atoms with van der Waals surface area (Å²) >= 11 is 5.77. The molecular formula is C20H22ClN3O3. The van der Waals surface area contributed by atoms with Crippen LogP contribution in [0.2, 0.25) is 5.15 Å². The van der Waals surface area contributed by atoms with E-state index in [4.69, 9.17) is 16.1 Å². The van der Waals surface area contributed by atoms with Gasteiger partial charge in [-0.05, 0) is 24.5 Å². The number of amides is 2.